The highest BCUT2D eigenvalue weighted by atomic mass is 79.9. The van der Waals surface area contributed by atoms with Crippen molar-refractivity contribution in [2.75, 3.05) is 5.75 Å². The lowest BCUT2D eigenvalue weighted by atomic mass is 10.2. The topological polar surface area (TPSA) is 88.2 Å². The summed E-state index contributed by atoms with van der Waals surface area (Å²) in [7, 11) is 0. The van der Waals surface area contributed by atoms with Gasteiger partial charge in [-0.3, -0.25) is 4.79 Å². The Morgan fingerprint density at radius 1 is 1.43 bits per heavy atom. The molecule has 0 unspecified atom stereocenters. The van der Waals surface area contributed by atoms with Gasteiger partial charge in [0, 0.05) is 11.0 Å². The number of hydrogen-bond donors (Lipinski definition) is 2. The normalized spacial score (nSPS) is 10.8. The number of phenols is 1. The number of aromatic hydroxyl groups is 1. The van der Waals surface area contributed by atoms with Gasteiger partial charge in [0.05, 0.1) is 11.3 Å². The third-order valence-electron chi connectivity index (χ3n) is 2.69. The maximum atomic E-state index is 10.7. The van der Waals surface area contributed by atoms with Crippen molar-refractivity contribution in [3.05, 3.63) is 22.7 Å². The van der Waals surface area contributed by atoms with Gasteiger partial charge >= 0.3 is 5.97 Å². The molecule has 0 aliphatic rings. The van der Waals surface area contributed by atoms with Crippen molar-refractivity contribution in [3.63, 3.8) is 0 Å². The average molecular weight is 372 g/mol. The fourth-order valence-electron chi connectivity index (χ4n) is 1.84. The molecule has 1 heterocycles. The van der Waals surface area contributed by atoms with Crippen LogP contribution >= 0.6 is 27.7 Å². The van der Waals surface area contributed by atoms with Gasteiger partial charge in [0.2, 0.25) is 0 Å². The fourth-order valence-corrected chi connectivity index (χ4v) is 2.87. The quantitative estimate of drug-likeness (QED) is 0.758. The summed E-state index contributed by atoms with van der Waals surface area (Å²) in [5.74, 6) is -0.341. The van der Waals surface area contributed by atoms with E-state index in [1.165, 1.54) is 0 Å². The van der Waals surface area contributed by atoms with Crippen LogP contribution in [0.3, 0.4) is 0 Å². The third-order valence-corrected chi connectivity index (χ3v) is 4.13. The van der Waals surface area contributed by atoms with Crippen LogP contribution in [0.4, 0.5) is 0 Å². The molecular weight excluding hydrogens is 358 g/mol. The molecule has 0 fully saturated rings. The maximum absolute atomic E-state index is 10.7. The standard InChI is InChI=1S/C13H14BrN3O3S/c1-2-5-17-12(9-4-3-8(14)6-10(9)18)15-16-13(17)21-7-11(19)20/h3-4,6,18H,2,5,7H2,1H3,(H,19,20). The lowest BCUT2D eigenvalue weighted by molar-refractivity contribution is -0.133. The molecule has 0 bridgehead atoms. The molecule has 6 nitrogen and oxygen atoms in total. The molecule has 0 amide bonds. The Balaban J connectivity index is 2.41. The molecule has 0 aliphatic carbocycles. The summed E-state index contributed by atoms with van der Waals surface area (Å²) in [6, 6.07) is 5.15. The largest absolute Gasteiger partial charge is 0.507 e. The minimum atomic E-state index is -0.904. The van der Waals surface area contributed by atoms with E-state index in [-0.39, 0.29) is 11.5 Å². The molecule has 8 heteroatoms. The zero-order valence-corrected chi connectivity index (χ0v) is 13.7. The number of hydrogen-bond acceptors (Lipinski definition) is 5. The van der Waals surface area contributed by atoms with E-state index >= 15 is 0 Å². The Hall–Kier alpha value is -1.54. The molecule has 0 saturated heterocycles. The van der Waals surface area contributed by atoms with Gasteiger partial charge in [0.15, 0.2) is 11.0 Å². The van der Waals surface area contributed by atoms with Gasteiger partial charge in [-0.2, -0.15) is 0 Å². The fraction of sp³-hybridized carbons (Fsp3) is 0.308. The molecule has 21 heavy (non-hydrogen) atoms. The average Bonchev–Trinajstić information content (AvgIpc) is 2.80. The number of thioether (sulfide) groups is 1. The van der Waals surface area contributed by atoms with Gasteiger partial charge < -0.3 is 14.8 Å². The molecule has 1 aromatic carbocycles. The number of aliphatic carboxylic acids is 1. The number of aromatic nitrogens is 3. The molecule has 2 rings (SSSR count). The van der Waals surface area contributed by atoms with Crippen LogP contribution in [0.5, 0.6) is 5.75 Å². The molecule has 112 valence electrons. The van der Waals surface area contributed by atoms with Gasteiger partial charge in [-0.25, -0.2) is 0 Å². The number of carbonyl (C=O) groups is 1. The van der Waals surface area contributed by atoms with Gasteiger partial charge in [-0.1, -0.05) is 34.6 Å². The van der Waals surface area contributed by atoms with Gasteiger partial charge in [0.1, 0.15) is 5.75 Å². The van der Waals surface area contributed by atoms with Crippen LogP contribution in [-0.2, 0) is 11.3 Å². The van der Waals surface area contributed by atoms with Crippen molar-refractivity contribution < 1.29 is 15.0 Å². The van der Waals surface area contributed by atoms with Crippen molar-refractivity contribution in [2.45, 2.75) is 25.0 Å². The zero-order chi connectivity index (χ0) is 15.4. The SMILES string of the molecule is CCCn1c(SCC(=O)O)nnc1-c1ccc(Br)cc1O. The predicted molar refractivity (Wildman–Crippen MR) is 83.5 cm³/mol. The second-order valence-corrected chi connectivity index (χ2v) is 6.16. The van der Waals surface area contributed by atoms with Gasteiger partial charge in [-0.15, -0.1) is 10.2 Å². The summed E-state index contributed by atoms with van der Waals surface area (Å²) in [5.41, 5.74) is 0.571. The van der Waals surface area contributed by atoms with E-state index in [2.05, 4.69) is 26.1 Å². The second-order valence-electron chi connectivity index (χ2n) is 4.30. The van der Waals surface area contributed by atoms with E-state index in [9.17, 15) is 9.90 Å². The lowest BCUT2D eigenvalue weighted by Crippen LogP contribution is -2.04. The summed E-state index contributed by atoms with van der Waals surface area (Å²) < 4.78 is 2.60. The summed E-state index contributed by atoms with van der Waals surface area (Å²) in [6.45, 7) is 2.66. The van der Waals surface area contributed by atoms with Gasteiger partial charge in [-0.05, 0) is 24.6 Å². The summed E-state index contributed by atoms with van der Waals surface area (Å²) >= 11 is 4.41. The smallest absolute Gasteiger partial charge is 0.313 e. The van der Waals surface area contributed by atoms with Crippen molar-refractivity contribution in [1.29, 1.82) is 0 Å². The monoisotopic (exact) mass is 371 g/mol. The number of carboxylic acid groups (broad SMARTS) is 1. The first-order valence-corrected chi connectivity index (χ1v) is 8.07. The van der Waals surface area contributed by atoms with Crippen molar-refractivity contribution >= 4 is 33.7 Å². The molecule has 0 atom stereocenters. The highest BCUT2D eigenvalue weighted by Crippen LogP contribution is 2.32. The Morgan fingerprint density at radius 2 is 2.19 bits per heavy atom. The molecule has 2 aromatic rings. The molecule has 0 radical (unpaired) electrons. The van der Waals surface area contributed by atoms with E-state index in [0.29, 0.717) is 23.1 Å². The number of phenolic OH excluding ortho intramolecular Hbond substituents is 1. The van der Waals surface area contributed by atoms with Crippen LogP contribution in [0.1, 0.15) is 13.3 Å². The van der Waals surface area contributed by atoms with E-state index in [4.69, 9.17) is 5.11 Å². The minimum absolute atomic E-state index is 0.0752. The van der Waals surface area contributed by atoms with Crippen molar-refractivity contribution in [2.24, 2.45) is 0 Å². The number of carboxylic acids is 1. The second kappa shape index (κ2) is 6.95. The summed E-state index contributed by atoms with van der Waals surface area (Å²) in [4.78, 5) is 10.7. The first-order chi connectivity index (χ1) is 10.0. The molecule has 2 N–H and O–H groups in total. The van der Waals surface area contributed by atoms with E-state index in [1.54, 1.807) is 12.1 Å². The van der Waals surface area contributed by atoms with E-state index < -0.39 is 5.97 Å². The first kappa shape index (κ1) is 15.8. The summed E-state index contributed by atoms with van der Waals surface area (Å²) in [6.07, 6.45) is 0.850. The van der Waals surface area contributed by atoms with E-state index in [0.717, 1.165) is 22.7 Å². The van der Waals surface area contributed by atoms with Crippen LogP contribution in [-0.4, -0.2) is 36.7 Å². The molecular formula is C13H14BrN3O3S. The van der Waals surface area contributed by atoms with Crippen molar-refractivity contribution in [3.8, 4) is 17.1 Å². The number of halogens is 1. The predicted octanol–water partition coefficient (Wildman–Crippen LogP) is 3.00. The lowest BCUT2D eigenvalue weighted by Gasteiger charge is -2.09. The molecule has 1 aromatic heterocycles. The summed E-state index contributed by atoms with van der Waals surface area (Å²) in [5, 5.41) is 27.5. The molecule has 0 aliphatic heterocycles. The minimum Gasteiger partial charge on any atom is -0.507 e. The molecule has 0 spiro atoms. The van der Waals surface area contributed by atoms with Gasteiger partial charge in [0.25, 0.3) is 0 Å². The first-order valence-electron chi connectivity index (χ1n) is 6.29. The van der Waals surface area contributed by atoms with Crippen LogP contribution in [0.2, 0.25) is 0 Å². The maximum Gasteiger partial charge on any atom is 0.313 e. The number of nitrogens with zero attached hydrogens (tertiary/aromatic N) is 3. The number of benzene rings is 1. The Labute approximate surface area is 134 Å². The van der Waals surface area contributed by atoms with Crippen LogP contribution in [0, 0.1) is 0 Å². The Bertz CT molecular complexity index is 660. The number of rotatable bonds is 6. The van der Waals surface area contributed by atoms with Crippen LogP contribution in [0.25, 0.3) is 11.4 Å². The third kappa shape index (κ3) is 3.76. The highest BCUT2D eigenvalue weighted by Gasteiger charge is 2.17. The van der Waals surface area contributed by atoms with Crippen molar-refractivity contribution in [1.82, 2.24) is 14.8 Å². The molecule has 0 saturated carbocycles. The van der Waals surface area contributed by atoms with Crippen LogP contribution < -0.4 is 0 Å². The highest BCUT2D eigenvalue weighted by molar-refractivity contribution is 9.10. The van der Waals surface area contributed by atoms with Crippen LogP contribution in [0.15, 0.2) is 27.8 Å². The van der Waals surface area contributed by atoms with E-state index in [1.807, 2.05) is 17.6 Å². The Kier molecular flexibility index (Phi) is 5.24. The zero-order valence-electron chi connectivity index (χ0n) is 11.3. The Morgan fingerprint density at radius 3 is 2.81 bits per heavy atom.